The first-order valence-corrected chi connectivity index (χ1v) is 11.0. The summed E-state index contributed by atoms with van der Waals surface area (Å²) in [7, 11) is -4.34. The Bertz CT molecular complexity index is 541. The maximum Gasteiger partial charge on any atom is 1.00 e. The Labute approximate surface area is 177 Å². The molecule has 0 aliphatic rings. The van der Waals surface area contributed by atoms with Gasteiger partial charge in [-0.2, -0.15) is 0 Å². The number of rotatable bonds is 13. The van der Waals surface area contributed by atoms with Gasteiger partial charge in [0.05, 0.1) is 4.90 Å². The normalized spacial score (nSPS) is 12.6. The van der Waals surface area contributed by atoms with Crippen LogP contribution in [0.15, 0.2) is 29.2 Å². The molecule has 1 aromatic rings. The molecule has 1 rings (SSSR count). The molecule has 25 heavy (non-hydrogen) atoms. The molecule has 0 fully saturated rings. The van der Waals surface area contributed by atoms with Crippen molar-refractivity contribution in [2.24, 2.45) is 0 Å². The number of hydrogen-bond donors (Lipinski definition) is 0. The van der Waals surface area contributed by atoms with Gasteiger partial charge in [0.15, 0.2) is 0 Å². The van der Waals surface area contributed by atoms with Crippen LogP contribution in [-0.4, -0.2) is 13.0 Å². The Morgan fingerprint density at radius 2 is 1.28 bits per heavy atom. The summed E-state index contributed by atoms with van der Waals surface area (Å²) in [4.78, 5) is -0.128. The predicted octanol–water partition coefficient (Wildman–Crippen LogP) is 3.01. The molecule has 0 amide bonds. The monoisotopic (exact) mass is 376 g/mol. The van der Waals surface area contributed by atoms with Gasteiger partial charge in [-0.3, -0.25) is 0 Å². The van der Waals surface area contributed by atoms with Gasteiger partial charge in [0.25, 0.3) is 0 Å². The van der Waals surface area contributed by atoms with E-state index in [4.69, 9.17) is 0 Å². The Hall–Kier alpha value is 0.130. The van der Waals surface area contributed by atoms with Gasteiger partial charge in [-0.1, -0.05) is 83.8 Å². The van der Waals surface area contributed by atoms with Crippen molar-refractivity contribution in [3.8, 4) is 0 Å². The van der Waals surface area contributed by atoms with Crippen LogP contribution in [0.2, 0.25) is 0 Å². The Morgan fingerprint density at radius 3 is 1.80 bits per heavy atom. The zero-order valence-corrected chi connectivity index (χ0v) is 19.1. The molecule has 0 aromatic heterocycles. The molecule has 0 N–H and O–H groups in total. The topological polar surface area (TPSA) is 57.2 Å². The first-order chi connectivity index (χ1) is 11.5. The number of unbranched alkanes of at least 4 members (excludes halogenated alkanes) is 7. The Morgan fingerprint density at radius 1 is 0.800 bits per heavy atom. The fourth-order valence-corrected chi connectivity index (χ4v) is 3.65. The number of hydrogen-bond acceptors (Lipinski definition) is 3. The van der Waals surface area contributed by atoms with Gasteiger partial charge in [0, 0.05) is 0 Å². The van der Waals surface area contributed by atoms with Crippen molar-refractivity contribution in [3.05, 3.63) is 29.8 Å². The summed E-state index contributed by atoms with van der Waals surface area (Å²) in [5, 5.41) is 0. The van der Waals surface area contributed by atoms with Crippen LogP contribution in [0.1, 0.15) is 96.0 Å². The third kappa shape index (κ3) is 10.8. The van der Waals surface area contributed by atoms with Gasteiger partial charge < -0.3 is 4.55 Å². The van der Waals surface area contributed by atoms with Gasteiger partial charge in [-0.25, -0.2) is 8.42 Å². The van der Waals surface area contributed by atoms with Crippen LogP contribution in [0.25, 0.3) is 0 Å². The minimum Gasteiger partial charge on any atom is -0.744 e. The average molecular weight is 377 g/mol. The molecular weight excluding hydrogens is 343 g/mol. The minimum absolute atomic E-state index is 0. The van der Waals surface area contributed by atoms with E-state index < -0.39 is 10.1 Å². The Balaban J connectivity index is 0.00000576. The van der Waals surface area contributed by atoms with E-state index in [0.29, 0.717) is 5.92 Å². The molecule has 1 aromatic carbocycles. The van der Waals surface area contributed by atoms with E-state index in [1.54, 1.807) is 0 Å². The van der Waals surface area contributed by atoms with Gasteiger partial charge in [0.1, 0.15) is 10.1 Å². The summed E-state index contributed by atoms with van der Waals surface area (Å²) in [5.41, 5.74) is 1.17. The van der Waals surface area contributed by atoms with Crippen molar-refractivity contribution in [1.82, 2.24) is 0 Å². The van der Waals surface area contributed by atoms with E-state index in [1.165, 1.54) is 75.5 Å². The van der Waals surface area contributed by atoms with Crippen molar-refractivity contribution < 1.29 is 42.5 Å². The van der Waals surface area contributed by atoms with Crippen LogP contribution in [-0.2, 0) is 10.1 Å². The smallest absolute Gasteiger partial charge is 0.744 e. The van der Waals surface area contributed by atoms with E-state index in [9.17, 15) is 13.0 Å². The van der Waals surface area contributed by atoms with Crippen molar-refractivity contribution in [1.29, 1.82) is 0 Å². The average Bonchev–Trinajstić information content (AvgIpc) is 2.56. The molecule has 0 bridgehead atoms. The summed E-state index contributed by atoms with van der Waals surface area (Å²) in [6, 6.07) is 6.57. The van der Waals surface area contributed by atoms with Crippen LogP contribution in [0, 0.1) is 0 Å². The second-order valence-corrected chi connectivity index (χ2v) is 8.15. The fraction of sp³-hybridized carbons (Fsp3) is 0.700. The first-order valence-electron chi connectivity index (χ1n) is 9.54. The molecule has 0 radical (unpaired) electrons. The first kappa shape index (κ1) is 25.1. The third-order valence-electron chi connectivity index (χ3n) is 4.70. The molecule has 1 atom stereocenters. The van der Waals surface area contributed by atoms with E-state index in [-0.39, 0.29) is 34.5 Å². The Kier molecular flexibility index (Phi) is 14.3. The van der Waals surface area contributed by atoms with E-state index in [2.05, 4.69) is 13.8 Å². The molecule has 1 unspecified atom stereocenters. The van der Waals surface area contributed by atoms with Gasteiger partial charge >= 0.3 is 29.6 Å². The summed E-state index contributed by atoms with van der Waals surface area (Å²) in [6.45, 7) is 4.43. The molecule has 0 spiro atoms. The maximum atomic E-state index is 11.0. The van der Waals surface area contributed by atoms with E-state index >= 15 is 0 Å². The predicted molar refractivity (Wildman–Crippen MR) is 99.3 cm³/mol. The van der Waals surface area contributed by atoms with Crippen molar-refractivity contribution in [2.45, 2.75) is 95.3 Å². The molecule has 0 heterocycles. The van der Waals surface area contributed by atoms with Crippen LogP contribution >= 0.6 is 0 Å². The summed E-state index contributed by atoms with van der Waals surface area (Å²) < 4.78 is 33.1. The van der Waals surface area contributed by atoms with Crippen LogP contribution < -0.4 is 29.6 Å². The van der Waals surface area contributed by atoms with E-state index in [0.717, 1.165) is 12.8 Å². The quantitative estimate of drug-likeness (QED) is 0.302. The number of benzene rings is 1. The summed E-state index contributed by atoms with van der Waals surface area (Å²) in [5.74, 6) is 0.476. The molecule has 3 nitrogen and oxygen atoms in total. The van der Waals surface area contributed by atoms with Gasteiger partial charge in [-0.15, -0.1) is 0 Å². The van der Waals surface area contributed by atoms with Crippen LogP contribution in [0.3, 0.4) is 0 Å². The zero-order valence-electron chi connectivity index (χ0n) is 16.3. The summed E-state index contributed by atoms with van der Waals surface area (Å²) >= 11 is 0. The van der Waals surface area contributed by atoms with Crippen molar-refractivity contribution in [3.63, 3.8) is 0 Å². The van der Waals surface area contributed by atoms with E-state index in [1.807, 2.05) is 12.1 Å². The third-order valence-corrected chi connectivity index (χ3v) is 5.55. The molecule has 138 valence electrons. The zero-order chi connectivity index (χ0) is 17.8. The molecule has 0 aliphatic carbocycles. The van der Waals surface area contributed by atoms with Gasteiger partial charge in [-0.05, 0) is 36.5 Å². The molecule has 0 saturated heterocycles. The molecule has 0 saturated carbocycles. The fourth-order valence-electron chi connectivity index (χ4n) is 3.18. The minimum atomic E-state index is -4.34. The van der Waals surface area contributed by atoms with Crippen molar-refractivity contribution >= 4 is 10.1 Å². The van der Waals surface area contributed by atoms with Crippen molar-refractivity contribution in [2.75, 3.05) is 0 Å². The molecule has 5 heteroatoms. The maximum absolute atomic E-state index is 11.0. The molecular formula is C20H33NaO3S. The van der Waals surface area contributed by atoms with Crippen LogP contribution in [0.5, 0.6) is 0 Å². The van der Waals surface area contributed by atoms with Gasteiger partial charge in [0.2, 0.25) is 0 Å². The standard InChI is InChI=1S/C20H34O3S.Na/c1-3-5-7-8-9-10-11-13-18(12-6-4-2)19-14-16-20(17-15-19)24(21,22)23;/h14-18H,3-13H2,1-2H3,(H,21,22,23);/q;+1/p-1. The second-order valence-electron chi connectivity index (χ2n) is 6.77. The summed E-state index contributed by atoms with van der Waals surface area (Å²) in [6.07, 6.45) is 13.8. The largest absolute Gasteiger partial charge is 1.00 e. The molecule has 0 aliphatic heterocycles. The SMILES string of the molecule is CCCCCCCCCC(CCCC)c1ccc(S(=O)(=O)[O-])cc1.[Na+]. The second kappa shape index (κ2) is 14.2. The van der Waals surface area contributed by atoms with Crippen LogP contribution in [0.4, 0.5) is 0 Å².